The van der Waals surface area contributed by atoms with Crippen molar-refractivity contribution in [3.8, 4) is 5.75 Å². The molecule has 6 amide bonds. The molecule has 0 aliphatic heterocycles. The van der Waals surface area contributed by atoms with Gasteiger partial charge in [-0.15, -0.1) is 0 Å². The molecule has 12 aromatic rings. The molecule has 0 aromatic heterocycles. The third-order valence-corrected chi connectivity index (χ3v) is 20.9. The fraction of sp³-hybridized carbons (Fsp3) is 0.127. The molecule has 34 heteroatoms. The van der Waals surface area contributed by atoms with Gasteiger partial charge in [0.2, 0.25) is 0 Å². The normalized spacial score (nSPS) is 10.1. The van der Waals surface area contributed by atoms with Crippen LogP contribution in [0, 0.1) is 0 Å². The summed E-state index contributed by atoms with van der Waals surface area (Å²) in [7, 11) is 1.56. The Labute approximate surface area is 804 Å². The number of halogens is 5. The van der Waals surface area contributed by atoms with Gasteiger partial charge in [-0.25, -0.2) is 24.0 Å². The molecule has 0 aliphatic carbocycles. The molecule has 29 nitrogen and oxygen atoms in total. The van der Waals surface area contributed by atoms with Gasteiger partial charge >= 0.3 is 29.8 Å². The van der Waals surface area contributed by atoms with Gasteiger partial charge in [-0.05, 0) is 214 Å². The number of rotatable bonds is 30. The van der Waals surface area contributed by atoms with Gasteiger partial charge in [0.25, 0.3) is 35.4 Å². The summed E-state index contributed by atoms with van der Waals surface area (Å²) < 4.78 is 5.09. The van der Waals surface area contributed by atoms with E-state index in [0.29, 0.717) is 55.7 Å². The molecule has 0 unspecified atom stereocenters. The number of methoxy groups -OCH3 is 1. The van der Waals surface area contributed by atoms with Crippen LogP contribution < -0.4 is 36.6 Å². The first kappa shape index (κ1) is 107. The number of nitrogens with one attached hydrogen (secondary N) is 6. The quantitative estimate of drug-likeness (QED) is 0.0186. The van der Waals surface area contributed by atoms with Crippen LogP contribution in [0.5, 0.6) is 5.75 Å². The maximum absolute atomic E-state index is 12.3. The zero-order valence-corrected chi connectivity index (χ0v) is 77.3. The number of hydrogen-bond donors (Lipinski definition) is 11. The standard InChI is InChI=1S/5C17H14ClNO4.C17H17NO3/c1-10(20)15-8-13(18)6-7-14(15)16(21)19-9-11-2-4-12(5-3-11)17(22)23;1-10(20)14-7-6-13(18)8-15(14)16(21)19-9-11-2-4-12(5-3-11)17(22)23;1-10(20)15-13(3-2-4-14(15)18)16(21)19-9-11-5-7-12(8-6-11)17(22)23;1-10(20)13-3-2-4-14(18)15(13)16(21)19-9-11-5-7-12(8-6-11)17(22)23;1-10(20)13-4-2-3-5-14(13)16(21)19-9-12-7-6-11(17(22)23)8-15(12)18;1-12(19)14-8-6-13(7-9-14)11-18-17(20)15-4-3-5-16(10-15)21-2/h5*2-8H,9H2,1H3,(H,19,21)(H,22,23);3-10H,11H2,1-2H3,(H,18,20). The molecule has 0 aliphatic rings. The van der Waals surface area contributed by atoms with Gasteiger partial charge in [0.05, 0.1) is 72.8 Å². The minimum Gasteiger partial charge on any atom is -0.497 e. The Kier molecular flexibility index (Phi) is 41.2. The van der Waals surface area contributed by atoms with Gasteiger partial charge in [0.1, 0.15) is 5.75 Å². The van der Waals surface area contributed by atoms with Crippen molar-refractivity contribution in [3.63, 3.8) is 0 Å². The smallest absolute Gasteiger partial charge is 0.335 e. The minimum absolute atomic E-state index is 0.0296. The van der Waals surface area contributed by atoms with E-state index >= 15 is 0 Å². The summed E-state index contributed by atoms with van der Waals surface area (Å²) in [5.74, 6) is -7.87. The van der Waals surface area contributed by atoms with Crippen LogP contribution >= 0.6 is 58.0 Å². The number of benzene rings is 12. The lowest BCUT2D eigenvalue weighted by Gasteiger charge is -2.10. The molecular weight excluding hydrogens is 1850 g/mol. The Morgan fingerprint density at radius 1 is 0.235 bits per heavy atom. The van der Waals surface area contributed by atoms with Crippen LogP contribution in [0.3, 0.4) is 0 Å². The molecule has 12 aromatic carbocycles. The third-order valence-electron chi connectivity index (χ3n) is 19.5. The zero-order chi connectivity index (χ0) is 100. The topological polar surface area (TPSA) is 473 Å². The lowest BCUT2D eigenvalue weighted by molar-refractivity contribution is 0.0686. The van der Waals surface area contributed by atoms with Crippen LogP contribution in [0.1, 0.15) is 251 Å². The van der Waals surface area contributed by atoms with E-state index in [2.05, 4.69) is 31.9 Å². The fourth-order valence-corrected chi connectivity index (χ4v) is 13.4. The number of carboxylic acid groups (broad SMARTS) is 5. The highest BCUT2D eigenvalue weighted by molar-refractivity contribution is 6.36. The Morgan fingerprint density at radius 3 is 0.941 bits per heavy atom. The number of hydrogen-bond acceptors (Lipinski definition) is 18. The van der Waals surface area contributed by atoms with E-state index in [4.69, 9.17) is 88.3 Å². The molecule has 698 valence electrons. The fourth-order valence-electron chi connectivity index (χ4n) is 12.3. The highest BCUT2D eigenvalue weighted by Crippen LogP contribution is 2.26. The monoisotopic (exact) mass is 1940 g/mol. The molecule has 0 radical (unpaired) electrons. The van der Waals surface area contributed by atoms with Crippen molar-refractivity contribution in [3.05, 3.63) is 414 Å². The average molecular weight is 1940 g/mol. The van der Waals surface area contributed by atoms with Gasteiger partial charge in [-0.1, -0.05) is 179 Å². The summed E-state index contributed by atoms with van der Waals surface area (Å²) in [6.45, 7) is 9.77. The molecule has 0 atom stereocenters. The summed E-state index contributed by atoms with van der Waals surface area (Å²) in [5, 5.41) is 61.9. The molecule has 0 bridgehead atoms. The molecule has 0 fully saturated rings. The van der Waals surface area contributed by atoms with Gasteiger partial charge in [-0.2, -0.15) is 0 Å². The number of aromatic carboxylic acids is 5. The lowest BCUT2D eigenvalue weighted by atomic mass is 10.0. The third kappa shape index (κ3) is 32.8. The second-order valence-corrected chi connectivity index (χ2v) is 31.3. The number of Topliss-reactive ketones (excluding diaryl/α,β-unsaturated/α-hetero) is 6. The Balaban J connectivity index is 0.000000222. The van der Waals surface area contributed by atoms with Crippen LogP contribution in [0.2, 0.25) is 25.1 Å². The number of carbonyl (C=O) groups excluding carboxylic acids is 12. The average Bonchev–Trinajstić information content (AvgIpc) is 0.777. The van der Waals surface area contributed by atoms with E-state index in [1.165, 1.54) is 133 Å². The van der Waals surface area contributed by atoms with E-state index in [-0.39, 0.29) is 155 Å². The van der Waals surface area contributed by atoms with Crippen molar-refractivity contribution in [2.75, 3.05) is 7.11 Å². The van der Waals surface area contributed by atoms with E-state index < -0.39 is 59.4 Å². The van der Waals surface area contributed by atoms with E-state index in [1.807, 2.05) is 12.1 Å². The van der Waals surface area contributed by atoms with Crippen molar-refractivity contribution < 1.29 is 112 Å². The lowest BCUT2D eigenvalue weighted by Crippen LogP contribution is -2.25. The second-order valence-electron chi connectivity index (χ2n) is 29.2. The van der Waals surface area contributed by atoms with Gasteiger partial charge in [0.15, 0.2) is 34.7 Å². The van der Waals surface area contributed by atoms with Gasteiger partial charge in [0, 0.05) is 93.3 Å². The molecule has 11 N–H and O–H groups in total. The van der Waals surface area contributed by atoms with E-state index in [0.717, 1.165) is 27.8 Å². The molecule has 12 rings (SSSR count). The Bertz CT molecular complexity index is 6450. The first-order valence-corrected chi connectivity index (χ1v) is 42.5. The number of amides is 6. The SMILES string of the molecule is CC(=O)c1c(Cl)cccc1C(=O)NCc1ccc(C(=O)O)cc1.CC(=O)c1cc(Cl)ccc1C(=O)NCc1ccc(C(=O)O)cc1.CC(=O)c1ccc(Cl)cc1C(=O)NCc1ccc(C(=O)O)cc1.CC(=O)c1cccc(Cl)c1C(=O)NCc1ccc(C(=O)O)cc1.CC(=O)c1ccccc1C(=O)NCc1ccc(C(=O)O)cc1Cl.COc1cccc(C(=O)NCc2ccc(C(C)=O)cc2)c1. The highest BCUT2D eigenvalue weighted by atomic mass is 35.5. The maximum Gasteiger partial charge on any atom is 0.335 e. The number of carboxylic acids is 5. The summed E-state index contributed by atoms with van der Waals surface area (Å²) in [6.07, 6.45) is 0. The molecule has 0 saturated carbocycles. The van der Waals surface area contributed by atoms with Crippen LogP contribution in [-0.4, -0.2) is 133 Å². The van der Waals surface area contributed by atoms with Crippen molar-refractivity contribution in [1.82, 2.24) is 31.9 Å². The van der Waals surface area contributed by atoms with Crippen LogP contribution in [0.4, 0.5) is 0 Å². The predicted octanol–water partition coefficient (Wildman–Crippen LogP) is 18.7. The molecule has 136 heavy (non-hydrogen) atoms. The van der Waals surface area contributed by atoms with Crippen LogP contribution in [-0.2, 0) is 39.3 Å². The molecular formula is C102H87Cl5N6O23. The van der Waals surface area contributed by atoms with Crippen LogP contribution in [0.15, 0.2) is 261 Å². The van der Waals surface area contributed by atoms with Crippen molar-refractivity contribution in [2.45, 2.75) is 80.8 Å². The molecule has 0 spiro atoms. The first-order chi connectivity index (χ1) is 64.5. The predicted molar refractivity (Wildman–Crippen MR) is 511 cm³/mol. The highest BCUT2D eigenvalue weighted by Gasteiger charge is 2.23. The molecule has 0 heterocycles. The van der Waals surface area contributed by atoms with Crippen molar-refractivity contribution >= 4 is 158 Å². The van der Waals surface area contributed by atoms with Gasteiger partial charge < -0.3 is 62.2 Å². The van der Waals surface area contributed by atoms with Crippen molar-refractivity contribution in [2.24, 2.45) is 0 Å². The largest absolute Gasteiger partial charge is 0.497 e. The van der Waals surface area contributed by atoms with E-state index in [1.54, 1.807) is 165 Å². The van der Waals surface area contributed by atoms with E-state index in [9.17, 15) is 81.5 Å². The summed E-state index contributed by atoms with van der Waals surface area (Å²) in [4.78, 5) is 196. The maximum atomic E-state index is 12.3. The summed E-state index contributed by atoms with van der Waals surface area (Å²) >= 11 is 29.7. The zero-order valence-electron chi connectivity index (χ0n) is 73.5. The summed E-state index contributed by atoms with van der Waals surface area (Å²) in [6, 6.07) is 68.1. The Hall–Kier alpha value is -15.9. The Morgan fingerprint density at radius 2 is 0.551 bits per heavy atom. The molecule has 0 saturated heterocycles. The van der Waals surface area contributed by atoms with Crippen molar-refractivity contribution in [1.29, 1.82) is 0 Å². The second kappa shape index (κ2) is 52.4. The number of ketones is 6. The number of ether oxygens (including phenoxy) is 1. The van der Waals surface area contributed by atoms with Crippen LogP contribution in [0.25, 0.3) is 0 Å². The first-order valence-electron chi connectivity index (χ1n) is 40.6. The van der Waals surface area contributed by atoms with Gasteiger partial charge in [-0.3, -0.25) is 57.5 Å². The number of carbonyl (C=O) groups is 17. The summed E-state index contributed by atoms with van der Waals surface area (Å²) in [5.41, 5.74) is 8.97. The minimum atomic E-state index is -1.07.